The van der Waals surface area contributed by atoms with E-state index in [0.717, 1.165) is 11.3 Å². The molecule has 2 nitrogen and oxygen atoms in total. The SMILES string of the molecule is CC=CC(=O)N1c2ccc(C)cc2C(C)=CC1(C)C. The quantitative estimate of drug-likeness (QED) is 0.692. The van der Waals surface area contributed by atoms with E-state index in [1.54, 1.807) is 12.2 Å². The molecule has 0 fully saturated rings. The molecule has 0 atom stereocenters. The van der Waals surface area contributed by atoms with Crippen LogP contribution >= 0.6 is 0 Å². The summed E-state index contributed by atoms with van der Waals surface area (Å²) in [5, 5.41) is 0. The normalized spacial score (nSPS) is 17.3. The summed E-state index contributed by atoms with van der Waals surface area (Å²) in [6.07, 6.45) is 5.58. The zero-order chi connectivity index (χ0) is 14.2. The predicted octanol–water partition coefficient (Wildman–Crippen LogP) is 4.10. The lowest BCUT2D eigenvalue weighted by molar-refractivity contribution is -0.114. The number of allylic oxidation sites excluding steroid dienone is 2. The fraction of sp³-hybridized carbons (Fsp3) is 0.353. The van der Waals surface area contributed by atoms with Crippen LogP contribution in [0.5, 0.6) is 0 Å². The molecule has 0 radical (unpaired) electrons. The van der Waals surface area contributed by atoms with E-state index >= 15 is 0 Å². The van der Waals surface area contributed by atoms with E-state index in [1.807, 2.05) is 17.9 Å². The van der Waals surface area contributed by atoms with Crippen LogP contribution in [0.3, 0.4) is 0 Å². The lowest BCUT2D eigenvalue weighted by atomic mass is 9.88. The van der Waals surface area contributed by atoms with E-state index in [4.69, 9.17) is 0 Å². The van der Waals surface area contributed by atoms with Crippen molar-refractivity contribution in [3.05, 3.63) is 47.6 Å². The zero-order valence-electron chi connectivity index (χ0n) is 12.3. The lowest BCUT2D eigenvalue weighted by Gasteiger charge is -2.41. The molecule has 100 valence electrons. The van der Waals surface area contributed by atoms with Crippen LogP contribution in [0, 0.1) is 6.92 Å². The molecule has 1 heterocycles. The number of carbonyl (C=O) groups is 1. The average Bonchev–Trinajstić information content (AvgIpc) is 2.29. The fourth-order valence-corrected chi connectivity index (χ4v) is 2.76. The summed E-state index contributed by atoms with van der Waals surface area (Å²) in [7, 11) is 0. The summed E-state index contributed by atoms with van der Waals surface area (Å²) in [4.78, 5) is 14.2. The minimum atomic E-state index is -0.303. The molecule has 1 aliphatic rings. The molecule has 2 rings (SSSR count). The average molecular weight is 255 g/mol. The van der Waals surface area contributed by atoms with Gasteiger partial charge in [0.2, 0.25) is 0 Å². The van der Waals surface area contributed by atoms with Crippen LogP contribution in [-0.4, -0.2) is 11.4 Å². The van der Waals surface area contributed by atoms with Crippen LogP contribution in [0.2, 0.25) is 0 Å². The highest BCUT2D eigenvalue weighted by molar-refractivity contribution is 6.06. The number of amides is 1. The second-order valence-electron chi connectivity index (χ2n) is 5.68. The lowest BCUT2D eigenvalue weighted by Crippen LogP contribution is -2.48. The molecule has 0 spiro atoms. The maximum Gasteiger partial charge on any atom is 0.251 e. The molecule has 1 amide bonds. The van der Waals surface area contributed by atoms with Crippen molar-refractivity contribution in [2.24, 2.45) is 0 Å². The molecule has 0 unspecified atom stereocenters. The Kier molecular flexibility index (Phi) is 3.36. The van der Waals surface area contributed by atoms with Gasteiger partial charge in [0.1, 0.15) is 0 Å². The van der Waals surface area contributed by atoms with Crippen molar-refractivity contribution >= 4 is 17.2 Å². The number of rotatable bonds is 1. The summed E-state index contributed by atoms with van der Waals surface area (Å²) in [6, 6.07) is 6.25. The van der Waals surface area contributed by atoms with Gasteiger partial charge in [-0.3, -0.25) is 9.69 Å². The van der Waals surface area contributed by atoms with E-state index in [2.05, 4.69) is 45.9 Å². The Hall–Kier alpha value is -1.83. The first-order chi connectivity index (χ1) is 8.86. The third-order valence-electron chi connectivity index (χ3n) is 3.49. The zero-order valence-corrected chi connectivity index (χ0v) is 12.3. The first-order valence-electron chi connectivity index (χ1n) is 6.64. The molecule has 0 aromatic heterocycles. The minimum Gasteiger partial charge on any atom is -0.299 e. The van der Waals surface area contributed by atoms with Gasteiger partial charge in [-0.15, -0.1) is 0 Å². The summed E-state index contributed by atoms with van der Waals surface area (Å²) in [5.41, 5.74) is 4.29. The topological polar surface area (TPSA) is 20.3 Å². The number of benzene rings is 1. The minimum absolute atomic E-state index is 0.0290. The maximum absolute atomic E-state index is 12.4. The number of aryl methyl sites for hydroxylation is 1. The Morgan fingerprint density at radius 1 is 1.26 bits per heavy atom. The second kappa shape index (κ2) is 4.69. The van der Waals surface area contributed by atoms with E-state index in [-0.39, 0.29) is 11.4 Å². The molecule has 1 aromatic rings. The van der Waals surface area contributed by atoms with Crippen LogP contribution in [-0.2, 0) is 4.79 Å². The van der Waals surface area contributed by atoms with Crippen LogP contribution in [0.1, 0.15) is 38.8 Å². The molecule has 0 bridgehead atoms. The highest BCUT2D eigenvalue weighted by Crippen LogP contribution is 2.39. The van der Waals surface area contributed by atoms with Gasteiger partial charge in [0.05, 0.1) is 11.2 Å². The predicted molar refractivity (Wildman–Crippen MR) is 81.2 cm³/mol. The Bertz CT molecular complexity index is 579. The van der Waals surface area contributed by atoms with Gasteiger partial charge in [-0.1, -0.05) is 23.8 Å². The Morgan fingerprint density at radius 2 is 1.95 bits per heavy atom. The van der Waals surface area contributed by atoms with Crippen molar-refractivity contribution in [3.8, 4) is 0 Å². The Balaban J connectivity index is 2.64. The smallest absolute Gasteiger partial charge is 0.251 e. The molecular weight excluding hydrogens is 234 g/mol. The first kappa shape index (κ1) is 13.6. The standard InChI is InChI=1S/C17H21NO/c1-6-7-16(19)18-15-9-8-12(2)10-14(15)13(3)11-17(18,4)5/h6-11H,1-5H3. The fourth-order valence-electron chi connectivity index (χ4n) is 2.76. The Labute approximate surface area is 115 Å². The maximum atomic E-state index is 12.4. The van der Waals surface area contributed by atoms with Crippen molar-refractivity contribution in [2.45, 2.75) is 40.2 Å². The third kappa shape index (κ3) is 2.35. The van der Waals surface area contributed by atoms with E-state index < -0.39 is 0 Å². The highest BCUT2D eigenvalue weighted by Gasteiger charge is 2.34. The van der Waals surface area contributed by atoms with Crippen molar-refractivity contribution in [1.29, 1.82) is 0 Å². The number of nitrogens with zero attached hydrogens (tertiary/aromatic N) is 1. The number of anilines is 1. The molecule has 0 saturated heterocycles. The van der Waals surface area contributed by atoms with Crippen LogP contribution in [0.4, 0.5) is 5.69 Å². The molecule has 2 heteroatoms. The van der Waals surface area contributed by atoms with Crippen molar-refractivity contribution in [2.75, 3.05) is 4.90 Å². The summed E-state index contributed by atoms with van der Waals surface area (Å²) in [6.45, 7) is 10.2. The van der Waals surface area contributed by atoms with Gasteiger partial charge in [-0.25, -0.2) is 0 Å². The van der Waals surface area contributed by atoms with Gasteiger partial charge in [0.25, 0.3) is 5.91 Å². The molecule has 19 heavy (non-hydrogen) atoms. The number of hydrogen-bond acceptors (Lipinski definition) is 1. The van der Waals surface area contributed by atoms with Gasteiger partial charge < -0.3 is 0 Å². The summed E-state index contributed by atoms with van der Waals surface area (Å²) >= 11 is 0. The van der Waals surface area contributed by atoms with Crippen LogP contribution in [0.15, 0.2) is 36.4 Å². The van der Waals surface area contributed by atoms with E-state index in [0.29, 0.717) is 0 Å². The largest absolute Gasteiger partial charge is 0.299 e. The van der Waals surface area contributed by atoms with Crippen LogP contribution in [0.25, 0.3) is 5.57 Å². The molecule has 0 saturated carbocycles. The molecular formula is C17H21NO. The third-order valence-corrected chi connectivity index (χ3v) is 3.49. The monoisotopic (exact) mass is 255 g/mol. The van der Waals surface area contributed by atoms with Crippen molar-refractivity contribution < 1.29 is 4.79 Å². The molecule has 0 N–H and O–H groups in total. The van der Waals surface area contributed by atoms with Gasteiger partial charge >= 0.3 is 0 Å². The van der Waals surface area contributed by atoms with Crippen LogP contribution < -0.4 is 4.90 Å². The second-order valence-corrected chi connectivity index (χ2v) is 5.68. The van der Waals surface area contributed by atoms with Crippen molar-refractivity contribution in [1.82, 2.24) is 0 Å². The van der Waals surface area contributed by atoms with Gasteiger partial charge in [0.15, 0.2) is 0 Å². The van der Waals surface area contributed by atoms with E-state index in [9.17, 15) is 4.79 Å². The molecule has 1 aliphatic heterocycles. The molecule has 0 aliphatic carbocycles. The van der Waals surface area contributed by atoms with Gasteiger partial charge in [-0.2, -0.15) is 0 Å². The number of carbonyl (C=O) groups excluding carboxylic acids is 1. The van der Waals surface area contributed by atoms with Gasteiger partial charge in [0, 0.05) is 5.56 Å². The van der Waals surface area contributed by atoms with Gasteiger partial charge in [-0.05, 0) is 58.4 Å². The van der Waals surface area contributed by atoms with E-state index in [1.165, 1.54) is 11.1 Å². The molecule has 1 aromatic carbocycles. The first-order valence-corrected chi connectivity index (χ1v) is 6.64. The number of fused-ring (bicyclic) bond motifs is 1. The number of hydrogen-bond donors (Lipinski definition) is 0. The highest BCUT2D eigenvalue weighted by atomic mass is 16.2. The summed E-state index contributed by atoms with van der Waals surface area (Å²) < 4.78 is 0. The summed E-state index contributed by atoms with van der Waals surface area (Å²) in [5.74, 6) is 0.0290. The van der Waals surface area contributed by atoms with Crippen molar-refractivity contribution in [3.63, 3.8) is 0 Å². The Morgan fingerprint density at radius 3 is 2.58 bits per heavy atom.